The highest BCUT2D eigenvalue weighted by molar-refractivity contribution is 9.10. The van der Waals surface area contributed by atoms with Gasteiger partial charge < -0.3 is 14.4 Å². The minimum Gasteiger partial charge on any atom is -0.485 e. The summed E-state index contributed by atoms with van der Waals surface area (Å²) in [5.74, 6) is 0.489. The SMILES string of the molecule is CC(=O)N1CCC2(CC1)CC(=O)c1ccc3c(c1O2)C(c1cccc(Br)c1)CC(=O)O3. The maximum atomic E-state index is 13.1. The second-order valence-corrected chi connectivity index (χ2v) is 9.45. The molecule has 1 atom stereocenters. The van der Waals surface area contributed by atoms with Crippen LogP contribution in [0.5, 0.6) is 11.5 Å². The number of benzene rings is 2. The van der Waals surface area contributed by atoms with Crippen LogP contribution in [0.15, 0.2) is 40.9 Å². The van der Waals surface area contributed by atoms with Gasteiger partial charge in [-0.2, -0.15) is 0 Å². The highest BCUT2D eigenvalue weighted by Gasteiger charge is 2.46. The Morgan fingerprint density at radius 1 is 1.16 bits per heavy atom. The Kier molecular flexibility index (Phi) is 4.88. The van der Waals surface area contributed by atoms with E-state index in [2.05, 4.69) is 15.9 Å². The zero-order chi connectivity index (χ0) is 21.8. The van der Waals surface area contributed by atoms with Crippen LogP contribution in [0.3, 0.4) is 0 Å². The Hall–Kier alpha value is -2.67. The summed E-state index contributed by atoms with van der Waals surface area (Å²) in [6, 6.07) is 11.2. The number of fused-ring (bicyclic) bond motifs is 3. The van der Waals surface area contributed by atoms with Crippen molar-refractivity contribution in [2.75, 3.05) is 13.1 Å². The van der Waals surface area contributed by atoms with E-state index in [-0.39, 0.29) is 30.0 Å². The fourth-order valence-electron chi connectivity index (χ4n) is 4.92. The number of likely N-dealkylation sites (tertiary alicyclic amines) is 1. The molecule has 7 heteroatoms. The highest BCUT2D eigenvalue weighted by Crippen LogP contribution is 2.50. The van der Waals surface area contributed by atoms with Crippen LogP contribution in [0.1, 0.15) is 60.0 Å². The van der Waals surface area contributed by atoms with Gasteiger partial charge in [0.05, 0.1) is 18.4 Å². The van der Waals surface area contributed by atoms with E-state index >= 15 is 0 Å². The van der Waals surface area contributed by atoms with Gasteiger partial charge in [-0.05, 0) is 29.8 Å². The molecular formula is C24H22BrNO5. The molecule has 1 unspecified atom stereocenters. The van der Waals surface area contributed by atoms with E-state index in [9.17, 15) is 14.4 Å². The molecule has 2 aromatic rings. The maximum Gasteiger partial charge on any atom is 0.312 e. The number of rotatable bonds is 1. The number of esters is 1. The molecule has 1 amide bonds. The van der Waals surface area contributed by atoms with Gasteiger partial charge in [-0.25, -0.2) is 0 Å². The summed E-state index contributed by atoms with van der Waals surface area (Å²) < 4.78 is 13.1. The molecule has 0 radical (unpaired) electrons. The van der Waals surface area contributed by atoms with E-state index in [0.29, 0.717) is 49.4 Å². The molecule has 31 heavy (non-hydrogen) atoms. The van der Waals surface area contributed by atoms with Crippen LogP contribution in [-0.2, 0) is 9.59 Å². The van der Waals surface area contributed by atoms with Gasteiger partial charge in [0.2, 0.25) is 5.91 Å². The van der Waals surface area contributed by atoms with E-state index in [1.807, 2.05) is 24.3 Å². The molecule has 2 aromatic carbocycles. The summed E-state index contributed by atoms with van der Waals surface area (Å²) >= 11 is 3.51. The van der Waals surface area contributed by atoms with Crippen molar-refractivity contribution in [3.05, 3.63) is 57.6 Å². The zero-order valence-electron chi connectivity index (χ0n) is 17.2. The second kappa shape index (κ2) is 7.48. The molecular weight excluding hydrogens is 462 g/mol. The number of carbonyl (C=O) groups excluding carboxylic acids is 3. The number of amides is 1. The van der Waals surface area contributed by atoms with Crippen molar-refractivity contribution in [2.45, 2.75) is 44.1 Å². The maximum absolute atomic E-state index is 13.1. The Bertz CT molecular complexity index is 1100. The van der Waals surface area contributed by atoms with Gasteiger partial charge in [0.15, 0.2) is 5.78 Å². The number of nitrogens with zero attached hydrogens (tertiary/aromatic N) is 1. The molecule has 160 valence electrons. The Morgan fingerprint density at radius 3 is 2.65 bits per heavy atom. The summed E-state index contributed by atoms with van der Waals surface area (Å²) in [6.45, 7) is 2.70. The first-order valence-electron chi connectivity index (χ1n) is 10.5. The molecule has 3 heterocycles. The van der Waals surface area contributed by atoms with Crippen LogP contribution in [0.2, 0.25) is 0 Å². The summed E-state index contributed by atoms with van der Waals surface area (Å²) in [4.78, 5) is 39.0. The van der Waals surface area contributed by atoms with E-state index in [1.54, 1.807) is 24.0 Å². The minimum absolute atomic E-state index is 0.0326. The van der Waals surface area contributed by atoms with Crippen LogP contribution in [0.4, 0.5) is 0 Å². The number of halogens is 1. The molecule has 1 fully saturated rings. The van der Waals surface area contributed by atoms with Crippen LogP contribution < -0.4 is 9.47 Å². The van der Waals surface area contributed by atoms with Gasteiger partial charge in [-0.3, -0.25) is 14.4 Å². The van der Waals surface area contributed by atoms with Crippen molar-refractivity contribution in [3.63, 3.8) is 0 Å². The third-order valence-corrected chi connectivity index (χ3v) is 7.07. The van der Waals surface area contributed by atoms with Crippen molar-refractivity contribution >= 4 is 33.6 Å². The number of ether oxygens (including phenoxy) is 2. The lowest BCUT2D eigenvalue weighted by Gasteiger charge is -2.45. The zero-order valence-corrected chi connectivity index (χ0v) is 18.7. The summed E-state index contributed by atoms with van der Waals surface area (Å²) in [7, 11) is 0. The predicted molar refractivity (Wildman–Crippen MR) is 116 cm³/mol. The third-order valence-electron chi connectivity index (χ3n) is 6.57. The number of piperidine rings is 1. The van der Waals surface area contributed by atoms with Crippen molar-refractivity contribution in [1.29, 1.82) is 0 Å². The predicted octanol–water partition coefficient (Wildman–Crippen LogP) is 4.24. The van der Waals surface area contributed by atoms with E-state index in [4.69, 9.17) is 9.47 Å². The van der Waals surface area contributed by atoms with Gasteiger partial charge in [0.1, 0.15) is 17.1 Å². The van der Waals surface area contributed by atoms with Crippen molar-refractivity contribution < 1.29 is 23.9 Å². The molecule has 0 saturated carbocycles. The molecule has 0 aromatic heterocycles. The number of ketones is 1. The summed E-state index contributed by atoms with van der Waals surface area (Å²) in [5, 5.41) is 0. The lowest BCUT2D eigenvalue weighted by atomic mass is 9.79. The Labute approximate surface area is 188 Å². The van der Waals surface area contributed by atoms with Crippen LogP contribution >= 0.6 is 15.9 Å². The first-order valence-corrected chi connectivity index (χ1v) is 11.3. The molecule has 3 aliphatic rings. The van der Waals surface area contributed by atoms with Gasteiger partial charge in [0, 0.05) is 48.8 Å². The molecule has 0 bridgehead atoms. The smallest absolute Gasteiger partial charge is 0.312 e. The highest BCUT2D eigenvalue weighted by atomic mass is 79.9. The first kappa shape index (κ1) is 20.2. The fourth-order valence-corrected chi connectivity index (χ4v) is 5.34. The van der Waals surface area contributed by atoms with Crippen LogP contribution in [0, 0.1) is 0 Å². The number of hydrogen-bond acceptors (Lipinski definition) is 5. The lowest BCUT2D eigenvalue weighted by Crippen LogP contribution is -2.52. The Balaban J connectivity index is 1.59. The van der Waals surface area contributed by atoms with E-state index < -0.39 is 5.60 Å². The number of carbonyl (C=O) groups is 3. The second-order valence-electron chi connectivity index (χ2n) is 8.53. The third kappa shape index (κ3) is 3.55. The van der Waals surface area contributed by atoms with Gasteiger partial charge in [0.25, 0.3) is 0 Å². The van der Waals surface area contributed by atoms with Crippen molar-refractivity contribution in [3.8, 4) is 11.5 Å². The monoisotopic (exact) mass is 483 g/mol. The van der Waals surface area contributed by atoms with Gasteiger partial charge >= 0.3 is 5.97 Å². The first-order chi connectivity index (χ1) is 14.8. The molecule has 1 saturated heterocycles. The van der Waals surface area contributed by atoms with E-state index in [1.165, 1.54) is 0 Å². The van der Waals surface area contributed by atoms with E-state index in [0.717, 1.165) is 15.6 Å². The summed E-state index contributed by atoms with van der Waals surface area (Å²) in [5.41, 5.74) is 1.63. The molecule has 6 nitrogen and oxygen atoms in total. The fraction of sp³-hybridized carbons (Fsp3) is 0.375. The topological polar surface area (TPSA) is 72.9 Å². The molecule has 5 rings (SSSR count). The molecule has 0 aliphatic carbocycles. The Morgan fingerprint density at radius 2 is 1.94 bits per heavy atom. The number of Topliss-reactive ketones (excluding diaryl/α,β-unsaturated/α-hetero) is 1. The summed E-state index contributed by atoms with van der Waals surface area (Å²) in [6.07, 6.45) is 1.68. The van der Waals surface area contributed by atoms with Crippen LogP contribution in [0.25, 0.3) is 0 Å². The quantitative estimate of drug-likeness (QED) is 0.448. The standard InChI is InChI=1S/C24H22BrNO5/c1-14(27)26-9-7-24(8-10-26)13-19(28)17-5-6-20-22(23(17)31-24)18(12-21(29)30-20)15-3-2-4-16(25)11-15/h2-6,11,18H,7-10,12-13H2,1H3. The molecule has 1 spiro atoms. The minimum atomic E-state index is -0.631. The van der Waals surface area contributed by atoms with Crippen LogP contribution in [-0.4, -0.2) is 41.3 Å². The molecule has 3 aliphatic heterocycles. The number of hydrogen-bond donors (Lipinski definition) is 0. The van der Waals surface area contributed by atoms with Crippen molar-refractivity contribution in [2.24, 2.45) is 0 Å². The van der Waals surface area contributed by atoms with Gasteiger partial charge in [-0.1, -0.05) is 28.1 Å². The van der Waals surface area contributed by atoms with Gasteiger partial charge in [-0.15, -0.1) is 0 Å². The normalized spacial score (nSPS) is 21.7. The van der Waals surface area contributed by atoms with Crippen molar-refractivity contribution in [1.82, 2.24) is 4.90 Å². The average Bonchev–Trinajstić information content (AvgIpc) is 2.73. The lowest BCUT2D eigenvalue weighted by molar-refractivity contribution is -0.135. The molecule has 0 N–H and O–H groups in total. The largest absolute Gasteiger partial charge is 0.485 e. The average molecular weight is 484 g/mol.